The zero-order valence-electron chi connectivity index (χ0n) is 13.2. The summed E-state index contributed by atoms with van der Waals surface area (Å²) in [5, 5.41) is 4.73. The lowest BCUT2D eigenvalue weighted by molar-refractivity contribution is 0.414. The first-order valence-corrected chi connectivity index (χ1v) is 7.41. The molecule has 112 valence electrons. The van der Waals surface area contributed by atoms with Crippen LogP contribution in [0.25, 0.3) is 10.9 Å². The van der Waals surface area contributed by atoms with Gasteiger partial charge in [-0.05, 0) is 42.7 Å². The largest absolute Gasteiger partial charge is 0.497 e. The summed E-state index contributed by atoms with van der Waals surface area (Å²) in [6, 6.07) is 14.4. The van der Waals surface area contributed by atoms with Crippen molar-refractivity contribution >= 4 is 16.6 Å². The SMILES string of the molecule is COc1ccc(CNc2c(C)cnc3c(C)cccc23)cc1. The molecule has 0 aliphatic heterocycles. The minimum absolute atomic E-state index is 0.776. The van der Waals surface area contributed by atoms with E-state index < -0.39 is 0 Å². The molecular formula is C19H20N2O. The molecule has 3 rings (SSSR count). The second-order valence-corrected chi connectivity index (χ2v) is 5.49. The van der Waals surface area contributed by atoms with E-state index in [1.54, 1.807) is 7.11 Å². The van der Waals surface area contributed by atoms with Gasteiger partial charge in [-0.2, -0.15) is 0 Å². The Morgan fingerprint density at radius 3 is 2.50 bits per heavy atom. The monoisotopic (exact) mass is 292 g/mol. The summed E-state index contributed by atoms with van der Waals surface area (Å²) >= 11 is 0. The molecule has 0 spiro atoms. The lowest BCUT2D eigenvalue weighted by Gasteiger charge is -2.14. The molecule has 0 fully saturated rings. The molecular weight excluding hydrogens is 272 g/mol. The standard InChI is InChI=1S/C19H20N2O/c1-13-5-4-6-17-18(13)20-11-14(2)19(17)21-12-15-7-9-16(22-3)10-8-15/h4-11H,12H2,1-3H3,(H,20,21). The number of nitrogens with one attached hydrogen (secondary N) is 1. The van der Waals surface area contributed by atoms with Gasteiger partial charge in [-0.15, -0.1) is 0 Å². The van der Waals surface area contributed by atoms with Gasteiger partial charge in [-0.3, -0.25) is 4.98 Å². The molecule has 0 unspecified atom stereocenters. The Bertz CT molecular complexity index is 794. The van der Waals surface area contributed by atoms with Crippen LogP contribution < -0.4 is 10.1 Å². The summed E-state index contributed by atoms with van der Waals surface area (Å²) in [5.74, 6) is 0.880. The van der Waals surface area contributed by atoms with Crippen LogP contribution in [0.2, 0.25) is 0 Å². The maximum Gasteiger partial charge on any atom is 0.118 e. The van der Waals surface area contributed by atoms with E-state index in [1.165, 1.54) is 16.5 Å². The number of pyridine rings is 1. The van der Waals surface area contributed by atoms with E-state index in [9.17, 15) is 0 Å². The van der Waals surface area contributed by atoms with Crippen LogP contribution in [0.5, 0.6) is 5.75 Å². The molecule has 0 saturated carbocycles. The number of para-hydroxylation sites is 1. The van der Waals surface area contributed by atoms with Crippen molar-refractivity contribution in [3.05, 3.63) is 65.4 Å². The molecule has 0 aliphatic rings. The van der Waals surface area contributed by atoms with Gasteiger partial charge in [0.1, 0.15) is 5.75 Å². The number of fused-ring (bicyclic) bond motifs is 1. The molecule has 1 N–H and O–H groups in total. The van der Waals surface area contributed by atoms with E-state index in [0.717, 1.165) is 29.1 Å². The van der Waals surface area contributed by atoms with Gasteiger partial charge in [0.2, 0.25) is 0 Å². The molecule has 1 heterocycles. The molecule has 1 aromatic heterocycles. The quantitative estimate of drug-likeness (QED) is 0.770. The zero-order chi connectivity index (χ0) is 15.5. The topological polar surface area (TPSA) is 34.1 Å². The lowest BCUT2D eigenvalue weighted by Crippen LogP contribution is -2.03. The van der Waals surface area contributed by atoms with Crippen LogP contribution in [0, 0.1) is 13.8 Å². The Morgan fingerprint density at radius 1 is 1.00 bits per heavy atom. The highest BCUT2D eigenvalue weighted by Crippen LogP contribution is 2.27. The number of hydrogen-bond acceptors (Lipinski definition) is 3. The van der Waals surface area contributed by atoms with E-state index in [0.29, 0.717) is 0 Å². The fourth-order valence-electron chi connectivity index (χ4n) is 2.64. The fourth-order valence-corrected chi connectivity index (χ4v) is 2.64. The Hall–Kier alpha value is -2.55. The van der Waals surface area contributed by atoms with Crippen LogP contribution in [-0.4, -0.2) is 12.1 Å². The molecule has 0 bridgehead atoms. The number of anilines is 1. The van der Waals surface area contributed by atoms with Gasteiger partial charge in [0.05, 0.1) is 12.6 Å². The van der Waals surface area contributed by atoms with Gasteiger partial charge >= 0.3 is 0 Å². The molecule has 22 heavy (non-hydrogen) atoms. The second-order valence-electron chi connectivity index (χ2n) is 5.49. The van der Waals surface area contributed by atoms with E-state index in [-0.39, 0.29) is 0 Å². The number of aryl methyl sites for hydroxylation is 2. The number of ether oxygens (including phenoxy) is 1. The first-order valence-electron chi connectivity index (χ1n) is 7.41. The van der Waals surface area contributed by atoms with Crippen molar-refractivity contribution < 1.29 is 4.74 Å². The third-order valence-corrected chi connectivity index (χ3v) is 3.92. The average Bonchev–Trinajstić information content (AvgIpc) is 2.54. The van der Waals surface area contributed by atoms with E-state index >= 15 is 0 Å². The van der Waals surface area contributed by atoms with Crippen molar-refractivity contribution in [2.75, 3.05) is 12.4 Å². The molecule has 0 atom stereocenters. The third kappa shape index (κ3) is 2.75. The van der Waals surface area contributed by atoms with Crippen molar-refractivity contribution in [3.8, 4) is 5.75 Å². The normalized spacial score (nSPS) is 10.7. The number of benzene rings is 2. The lowest BCUT2D eigenvalue weighted by atomic mass is 10.1. The number of hydrogen-bond donors (Lipinski definition) is 1. The van der Waals surface area contributed by atoms with E-state index in [1.807, 2.05) is 18.3 Å². The van der Waals surface area contributed by atoms with Crippen LogP contribution in [0.1, 0.15) is 16.7 Å². The van der Waals surface area contributed by atoms with Gasteiger partial charge in [0.15, 0.2) is 0 Å². The summed E-state index contributed by atoms with van der Waals surface area (Å²) < 4.78 is 5.19. The predicted octanol–water partition coefficient (Wildman–Crippen LogP) is 4.47. The number of aromatic nitrogens is 1. The van der Waals surface area contributed by atoms with Crippen molar-refractivity contribution in [1.82, 2.24) is 4.98 Å². The minimum Gasteiger partial charge on any atom is -0.497 e. The minimum atomic E-state index is 0.776. The summed E-state index contributed by atoms with van der Waals surface area (Å²) in [7, 11) is 1.68. The third-order valence-electron chi connectivity index (χ3n) is 3.92. The maximum atomic E-state index is 5.19. The van der Waals surface area contributed by atoms with Crippen LogP contribution in [0.4, 0.5) is 5.69 Å². The summed E-state index contributed by atoms with van der Waals surface area (Å²) in [4.78, 5) is 4.56. The average molecular weight is 292 g/mol. The van der Waals surface area contributed by atoms with Gasteiger partial charge in [0, 0.05) is 23.8 Å². The van der Waals surface area contributed by atoms with Crippen molar-refractivity contribution in [2.24, 2.45) is 0 Å². The molecule has 0 aliphatic carbocycles. The first-order chi connectivity index (χ1) is 10.7. The summed E-state index contributed by atoms with van der Waals surface area (Å²) in [6.07, 6.45) is 1.94. The smallest absolute Gasteiger partial charge is 0.118 e. The van der Waals surface area contributed by atoms with Gasteiger partial charge in [-0.1, -0.05) is 30.3 Å². The van der Waals surface area contributed by atoms with Crippen LogP contribution in [0.3, 0.4) is 0 Å². The Morgan fingerprint density at radius 2 is 1.77 bits per heavy atom. The first kappa shape index (κ1) is 14.4. The Labute approximate surface area is 131 Å². The molecule has 0 amide bonds. The van der Waals surface area contributed by atoms with E-state index in [4.69, 9.17) is 4.74 Å². The number of nitrogens with zero attached hydrogens (tertiary/aromatic N) is 1. The van der Waals surface area contributed by atoms with Crippen molar-refractivity contribution in [1.29, 1.82) is 0 Å². The highest BCUT2D eigenvalue weighted by atomic mass is 16.5. The van der Waals surface area contributed by atoms with E-state index in [2.05, 4.69) is 54.5 Å². The number of rotatable bonds is 4. The molecule has 3 nitrogen and oxygen atoms in total. The van der Waals surface area contributed by atoms with Crippen molar-refractivity contribution in [3.63, 3.8) is 0 Å². The van der Waals surface area contributed by atoms with Crippen molar-refractivity contribution in [2.45, 2.75) is 20.4 Å². The van der Waals surface area contributed by atoms with Crippen LogP contribution >= 0.6 is 0 Å². The maximum absolute atomic E-state index is 5.19. The Balaban J connectivity index is 1.89. The van der Waals surface area contributed by atoms with Gasteiger partial charge in [0.25, 0.3) is 0 Å². The number of methoxy groups -OCH3 is 1. The zero-order valence-corrected chi connectivity index (χ0v) is 13.2. The van der Waals surface area contributed by atoms with Crippen LogP contribution in [-0.2, 0) is 6.54 Å². The van der Waals surface area contributed by atoms with Gasteiger partial charge in [-0.25, -0.2) is 0 Å². The highest BCUT2D eigenvalue weighted by molar-refractivity contribution is 5.94. The molecule has 3 heteroatoms. The summed E-state index contributed by atoms with van der Waals surface area (Å²) in [5.41, 5.74) is 5.80. The molecule has 2 aromatic carbocycles. The summed E-state index contributed by atoms with van der Waals surface area (Å²) in [6.45, 7) is 4.96. The second kappa shape index (κ2) is 6.06. The molecule has 0 saturated heterocycles. The fraction of sp³-hybridized carbons (Fsp3) is 0.211. The predicted molar refractivity (Wildman–Crippen MR) is 91.5 cm³/mol. The molecule has 3 aromatic rings. The van der Waals surface area contributed by atoms with Gasteiger partial charge < -0.3 is 10.1 Å². The highest BCUT2D eigenvalue weighted by Gasteiger charge is 2.07. The molecule has 0 radical (unpaired) electrons. The Kier molecular flexibility index (Phi) is 3.96. The van der Waals surface area contributed by atoms with Crippen LogP contribution in [0.15, 0.2) is 48.7 Å².